The summed E-state index contributed by atoms with van der Waals surface area (Å²) in [5.74, 6) is 0.684. The zero-order chi connectivity index (χ0) is 20.0. The number of carbonyl (C=O) groups excluding carboxylic acids is 1. The highest BCUT2D eigenvalue weighted by Gasteiger charge is 2.41. The Hall–Kier alpha value is -2.43. The third-order valence-electron chi connectivity index (χ3n) is 7.09. The Bertz CT molecular complexity index is 996. The lowest BCUT2D eigenvalue weighted by Crippen LogP contribution is -2.51. The van der Waals surface area contributed by atoms with Crippen LogP contribution in [-0.2, 0) is 12.8 Å². The molecule has 1 saturated heterocycles. The molecule has 0 saturated carbocycles. The molecule has 5 rings (SSSR count). The average Bonchev–Trinajstić information content (AvgIpc) is 2.76. The van der Waals surface area contributed by atoms with Gasteiger partial charge < -0.3 is 9.47 Å². The van der Waals surface area contributed by atoms with Crippen LogP contribution in [0.4, 0.5) is 0 Å². The molecule has 1 fully saturated rings. The SMILES string of the molecule is CCC[C@H]1[C@H]2C[C@H](CN(C(=O)c3cnc4c(c3)CCCC4)C2)c2cccc(=O)n21. The highest BCUT2D eigenvalue weighted by molar-refractivity contribution is 5.94. The maximum Gasteiger partial charge on any atom is 0.255 e. The number of hydrogen-bond donors (Lipinski definition) is 0. The van der Waals surface area contributed by atoms with Gasteiger partial charge in [0.05, 0.1) is 5.56 Å². The van der Waals surface area contributed by atoms with Crippen molar-refractivity contribution in [1.82, 2.24) is 14.5 Å². The van der Waals surface area contributed by atoms with Crippen LogP contribution in [-0.4, -0.2) is 33.4 Å². The smallest absolute Gasteiger partial charge is 0.255 e. The number of likely N-dealkylation sites (tertiary alicyclic amines) is 1. The number of hydrogen-bond acceptors (Lipinski definition) is 3. The highest BCUT2D eigenvalue weighted by atomic mass is 16.2. The second-order valence-electron chi connectivity index (χ2n) is 8.95. The van der Waals surface area contributed by atoms with Gasteiger partial charge in [-0.05, 0) is 62.1 Å². The van der Waals surface area contributed by atoms with Gasteiger partial charge in [0, 0.05) is 48.7 Å². The molecule has 152 valence electrons. The van der Waals surface area contributed by atoms with E-state index in [-0.39, 0.29) is 23.4 Å². The molecule has 0 unspecified atom stereocenters. The lowest BCUT2D eigenvalue weighted by molar-refractivity contribution is 0.0518. The molecule has 2 bridgehead atoms. The maximum atomic E-state index is 13.4. The lowest BCUT2D eigenvalue weighted by atomic mass is 9.77. The van der Waals surface area contributed by atoms with Crippen LogP contribution in [0.25, 0.3) is 0 Å². The van der Waals surface area contributed by atoms with E-state index in [1.165, 1.54) is 24.1 Å². The zero-order valence-electron chi connectivity index (χ0n) is 17.1. The fourth-order valence-corrected chi connectivity index (χ4v) is 5.76. The third-order valence-corrected chi connectivity index (χ3v) is 7.09. The van der Waals surface area contributed by atoms with E-state index in [1.54, 1.807) is 12.3 Å². The largest absolute Gasteiger partial charge is 0.338 e. The minimum atomic E-state index is 0.0996. The monoisotopic (exact) mass is 391 g/mol. The van der Waals surface area contributed by atoms with Crippen molar-refractivity contribution in [3.05, 3.63) is 63.3 Å². The van der Waals surface area contributed by atoms with Crippen LogP contribution in [0, 0.1) is 5.92 Å². The average molecular weight is 392 g/mol. The van der Waals surface area contributed by atoms with Crippen molar-refractivity contribution >= 4 is 5.91 Å². The van der Waals surface area contributed by atoms with E-state index in [0.29, 0.717) is 12.5 Å². The van der Waals surface area contributed by atoms with Crippen molar-refractivity contribution in [2.24, 2.45) is 5.92 Å². The number of rotatable bonds is 3. The molecule has 4 heterocycles. The molecule has 3 aliphatic rings. The van der Waals surface area contributed by atoms with Crippen LogP contribution < -0.4 is 5.56 Å². The van der Waals surface area contributed by atoms with Gasteiger partial charge in [-0.1, -0.05) is 19.4 Å². The third kappa shape index (κ3) is 3.21. The van der Waals surface area contributed by atoms with Gasteiger partial charge in [0.15, 0.2) is 0 Å². The molecule has 0 radical (unpaired) electrons. The summed E-state index contributed by atoms with van der Waals surface area (Å²) >= 11 is 0. The Kier molecular flexibility index (Phi) is 4.76. The van der Waals surface area contributed by atoms with Gasteiger partial charge in [-0.15, -0.1) is 0 Å². The predicted molar refractivity (Wildman–Crippen MR) is 112 cm³/mol. The van der Waals surface area contributed by atoms with Crippen LogP contribution in [0.15, 0.2) is 35.3 Å². The fraction of sp³-hybridized carbons (Fsp3) is 0.542. The van der Waals surface area contributed by atoms with E-state index < -0.39 is 0 Å². The van der Waals surface area contributed by atoms with Gasteiger partial charge in [-0.3, -0.25) is 14.6 Å². The van der Waals surface area contributed by atoms with Crippen molar-refractivity contribution in [2.45, 2.75) is 63.8 Å². The summed E-state index contributed by atoms with van der Waals surface area (Å²) in [6.07, 6.45) is 9.31. The number of fused-ring (bicyclic) bond motifs is 5. The van der Waals surface area contributed by atoms with Crippen molar-refractivity contribution in [3.63, 3.8) is 0 Å². The summed E-state index contributed by atoms with van der Waals surface area (Å²) in [7, 11) is 0. The molecule has 1 amide bonds. The molecule has 0 N–H and O–H groups in total. The van der Waals surface area contributed by atoms with Gasteiger partial charge in [0.1, 0.15) is 0 Å². The van der Waals surface area contributed by atoms with Gasteiger partial charge in [0.25, 0.3) is 11.5 Å². The van der Waals surface area contributed by atoms with Crippen LogP contribution in [0.2, 0.25) is 0 Å². The Morgan fingerprint density at radius 2 is 2.07 bits per heavy atom. The Labute approximate surface area is 171 Å². The number of aryl methyl sites for hydroxylation is 2. The minimum Gasteiger partial charge on any atom is -0.338 e. The zero-order valence-corrected chi connectivity index (χ0v) is 17.1. The molecule has 0 spiro atoms. The molecular weight excluding hydrogens is 362 g/mol. The molecule has 2 aliphatic heterocycles. The van der Waals surface area contributed by atoms with Crippen LogP contribution in [0.1, 0.15) is 78.3 Å². The van der Waals surface area contributed by atoms with E-state index in [0.717, 1.165) is 49.9 Å². The van der Waals surface area contributed by atoms with E-state index in [4.69, 9.17) is 0 Å². The lowest BCUT2D eigenvalue weighted by Gasteiger charge is -2.47. The summed E-state index contributed by atoms with van der Waals surface area (Å²) in [6.45, 7) is 3.59. The standard InChI is InChI=1S/C24H29N3O2/c1-2-6-21-18-12-19(22-9-5-10-23(28)27(21)22)15-26(14-18)24(29)17-11-16-7-3-4-8-20(16)25-13-17/h5,9-11,13,18-19,21H,2-4,6-8,12,14-15H2,1H3/t18-,19+,21-/m0/s1. The number of piperidine rings is 1. The van der Waals surface area contributed by atoms with Crippen molar-refractivity contribution in [2.75, 3.05) is 13.1 Å². The number of amides is 1. The first-order chi connectivity index (χ1) is 14.2. The van der Waals surface area contributed by atoms with E-state index in [2.05, 4.69) is 24.0 Å². The maximum absolute atomic E-state index is 13.4. The molecular formula is C24H29N3O2. The Morgan fingerprint density at radius 1 is 1.21 bits per heavy atom. The molecule has 1 aliphatic carbocycles. The molecule has 0 aromatic carbocycles. The Morgan fingerprint density at radius 3 is 2.93 bits per heavy atom. The summed E-state index contributed by atoms with van der Waals surface area (Å²) in [5, 5.41) is 0. The van der Waals surface area contributed by atoms with E-state index in [1.807, 2.05) is 15.5 Å². The summed E-state index contributed by atoms with van der Waals surface area (Å²) in [5.41, 5.74) is 4.35. The molecule has 2 aromatic heterocycles. The highest BCUT2D eigenvalue weighted by Crippen LogP contribution is 2.43. The first kappa shape index (κ1) is 18.6. The molecule has 5 nitrogen and oxygen atoms in total. The van der Waals surface area contributed by atoms with Crippen molar-refractivity contribution in [3.8, 4) is 0 Å². The number of pyridine rings is 2. The van der Waals surface area contributed by atoms with Crippen molar-refractivity contribution < 1.29 is 4.79 Å². The molecule has 29 heavy (non-hydrogen) atoms. The number of nitrogens with zero attached hydrogens (tertiary/aromatic N) is 3. The van der Waals surface area contributed by atoms with E-state index in [9.17, 15) is 9.59 Å². The normalized spacial score (nSPS) is 25.3. The van der Waals surface area contributed by atoms with Crippen LogP contribution in [0.5, 0.6) is 0 Å². The van der Waals surface area contributed by atoms with Gasteiger partial charge in [0.2, 0.25) is 0 Å². The summed E-state index contributed by atoms with van der Waals surface area (Å²) in [4.78, 5) is 32.6. The minimum absolute atomic E-state index is 0.0996. The second-order valence-corrected chi connectivity index (χ2v) is 8.95. The quantitative estimate of drug-likeness (QED) is 0.801. The topological polar surface area (TPSA) is 55.2 Å². The van der Waals surface area contributed by atoms with Crippen LogP contribution in [0.3, 0.4) is 0 Å². The number of aromatic nitrogens is 2. The second kappa shape index (κ2) is 7.43. The van der Waals surface area contributed by atoms with Gasteiger partial charge in [-0.25, -0.2) is 0 Å². The Balaban J connectivity index is 1.46. The fourth-order valence-electron chi connectivity index (χ4n) is 5.76. The molecule has 3 atom stereocenters. The van der Waals surface area contributed by atoms with Crippen LogP contribution >= 0.6 is 0 Å². The van der Waals surface area contributed by atoms with Gasteiger partial charge >= 0.3 is 0 Å². The molecule has 5 heteroatoms. The first-order valence-electron chi connectivity index (χ1n) is 11.1. The first-order valence-corrected chi connectivity index (χ1v) is 11.1. The molecule has 2 aromatic rings. The summed E-state index contributed by atoms with van der Waals surface area (Å²) in [6, 6.07) is 7.90. The number of carbonyl (C=O) groups is 1. The van der Waals surface area contributed by atoms with Crippen molar-refractivity contribution in [1.29, 1.82) is 0 Å². The van der Waals surface area contributed by atoms with Gasteiger partial charge in [-0.2, -0.15) is 0 Å². The summed E-state index contributed by atoms with van der Waals surface area (Å²) < 4.78 is 2.03. The van der Waals surface area contributed by atoms with E-state index >= 15 is 0 Å². The predicted octanol–water partition coefficient (Wildman–Crippen LogP) is 3.72.